The minimum atomic E-state index is -0.0965. The lowest BCUT2D eigenvalue weighted by atomic mass is 9.97. The van der Waals surface area contributed by atoms with Gasteiger partial charge in [0.05, 0.1) is 17.8 Å². The van der Waals surface area contributed by atoms with Crippen molar-refractivity contribution >= 4 is 17.4 Å². The molecule has 4 rings (SSSR count). The van der Waals surface area contributed by atoms with Crippen molar-refractivity contribution in [1.82, 2.24) is 29.9 Å². The largest absolute Gasteiger partial charge is 0.354 e. The third-order valence-corrected chi connectivity index (χ3v) is 4.34. The molecule has 0 bridgehead atoms. The van der Waals surface area contributed by atoms with Gasteiger partial charge < -0.3 is 10.2 Å². The number of amides is 1. The van der Waals surface area contributed by atoms with Crippen LogP contribution in [0.5, 0.6) is 0 Å². The van der Waals surface area contributed by atoms with Crippen LogP contribution >= 0.6 is 0 Å². The van der Waals surface area contributed by atoms with Crippen LogP contribution in [0.4, 0.5) is 11.5 Å². The fraction of sp³-hybridized carbons (Fsp3) is 0.294. The van der Waals surface area contributed by atoms with E-state index in [2.05, 4.69) is 35.5 Å². The molecule has 0 radical (unpaired) electrons. The molecule has 0 spiro atoms. The molecule has 1 aliphatic heterocycles. The Balaban J connectivity index is 1.42. The molecule has 1 N–H and O–H groups in total. The number of hydrogen-bond acceptors (Lipinski definition) is 7. The molecule has 4 heterocycles. The number of hydrogen-bond donors (Lipinski definition) is 1. The zero-order chi connectivity index (χ0) is 17.8. The average Bonchev–Trinajstić information content (AvgIpc) is 3.24. The van der Waals surface area contributed by atoms with Gasteiger partial charge in [-0.2, -0.15) is 5.10 Å². The molecule has 132 valence electrons. The summed E-state index contributed by atoms with van der Waals surface area (Å²) < 4.78 is 1.55. The molecule has 1 fully saturated rings. The molecule has 26 heavy (non-hydrogen) atoms. The maximum absolute atomic E-state index is 12.5. The maximum Gasteiger partial charge on any atom is 0.229 e. The number of anilines is 2. The molecule has 1 amide bonds. The van der Waals surface area contributed by atoms with Gasteiger partial charge in [-0.1, -0.05) is 0 Å². The number of pyridine rings is 1. The minimum absolute atomic E-state index is 0.00916. The maximum atomic E-state index is 12.5. The Kier molecular flexibility index (Phi) is 4.50. The number of carbonyl (C=O) groups is 1. The quantitative estimate of drug-likeness (QED) is 0.757. The molecule has 1 saturated heterocycles. The molecule has 9 nitrogen and oxygen atoms in total. The van der Waals surface area contributed by atoms with Crippen LogP contribution < -0.4 is 10.2 Å². The minimum Gasteiger partial charge on any atom is -0.354 e. The molecular weight excluding hydrogens is 332 g/mol. The Labute approximate surface area is 150 Å². The summed E-state index contributed by atoms with van der Waals surface area (Å²) in [6, 6.07) is 7.37. The fourth-order valence-electron chi connectivity index (χ4n) is 3.02. The molecule has 1 atom stereocenters. The van der Waals surface area contributed by atoms with Gasteiger partial charge in [0, 0.05) is 19.3 Å². The summed E-state index contributed by atoms with van der Waals surface area (Å²) >= 11 is 0. The average molecular weight is 350 g/mol. The molecule has 0 aliphatic carbocycles. The van der Waals surface area contributed by atoms with Gasteiger partial charge >= 0.3 is 0 Å². The van der Waals surface area contributed by atoms with Crippen LogP contribution in [0.3, 0.4) is 0 Å². The van der Waals surface area contributed by atoms with E-state index in [1.807, 2.05) is 18.2 Å². The molecule has 9 heteroatoms. The first-order valence-corrected chi connectivity index (χ1v) is 8.44. The Morgan fingerprint density at radius 1 is 1.15 bits per heavy atom. The van der Waals surface area contributed by atoms with E-state index >= 15 is 0 Å². The van der Waals surface area contributed by atoms with Gasteiger partial charge in [0.2, 0.25) is 5.91 Å². The first kappa shape index (κ1) is 16.1. The summed E-state index contributed by atoms with van der Waals surface area (Å²) in [4.78, 5) is 22.5. The van der Waals surface area contributed by atoms with Crippen LogP contribution in [-0.2, 0) is 4.79 Å². The van der Waals surface area contributed by atoms with E-state index in [4.69, 9.17) is 0 Å². The van der Waals surface area contributed by atoms with E-state index in [9.17, 15) is 4.79 Å². The van der Waals surface area contributed by atoms with E-state index in [0.29, 0.717) is 18.1 Å². The predicted octanol–water partition coefficient (Wildman–Crippen LogP) is 1.31. The number of nitrogens with zero attached hydrogens (tertiary/aromatic N) is 7. The van der Waals surface area contributed by atoms with Crippen molar-refractivity contribution in [2.24, 2.45) is 5.92 Å². The third kappa shape index (κ3) is 3.51. The highest BCUT2D eigenvalue weighted by atomic mass is 16.1. The fourth-order valence-corrected chi connectivity index (χ4v) is 3.02. The van der Waals surface area contributed by atoms with Gasteiger partial charge in [-0.05, 0) is 37.1 Å². The second-order valence-electron chi connectivity index (χ2n) is 6.11. The summed E-state index contributed by atoms with van der Waals surface area (Å²) in [6.45, 7) is 1.47. The highest BCUT2D eigenvalue weighted by Crippen LogP contribution is 2.22. The lowest BCUT2D eigenvalue weighted by Crippen LogP contribution is -2.41. The molecule has 3 aromatic heterocycles. The summed E-state index contributed by atoms with van der Waals surface area (Å²) in [6.07, 6.45) is 8.13. The van der Waals surface area contributed by atoms with Gasteiger partial charge in [0.1, 0.15) is 12.7 Å². The summed E-state index contributed by atoms with van der Waals surface area (Å²) in [5.74, 6) is 1.28. The van der Waals surface area contributed by atoms with E-state index in [1.54, 1.807) is 29.5 Å². The molecular formula is C17H18N8O. The van der Waals surface area contributed by atoms with Gasteiger partial charge in [-0.25, -0.2) is 9.67 Å². The van der Waals surface area contributed by atoms with Crippen molar-refractivity contribution in [2.45, 2.75) is 12.8 Å². The van der Waals surface area contributed by atoms with Crippen LogP contribution in [0.15, 0.2) is 49.3 Å². The number of rotatable bonds is 4. The summed E-state index contributed by atoms with van der Waals surface area (Å²) in [5.41, 5.74) is 0.714. The van der Waals surface area contributed by atoms with Crippen LogP contribution in [0, 0.1) is 5.92 Å². The molecule has 0 aromatic carbocycles. The van der Waals surface area contributed by atoms with Crippen molar-refractivity contribution in [3.8, 4) is 5.82 Å². The number of aromatic nitrogens is 6. The molecule has 1 aliphatic rings. The standard InChI is InChI=1S/C17H18N8O/c26-17(21-14-4-1-7-18-9-14)13-3-2-8-24(10-13)15-5-6-16(23-22-15)25-12-19-11-20-25/h1,4-7,9,11-13H,2-3,8,10H2,(H,21,26). The first-order chi connectivity index (χ1) is 12.8. The van der Waals surface area contributed by atoms with Gasteiger partial charge in [0.15, 0.2) is 11.6 Å². The Morgan fingerprint density at radius 3 is 2.77 bits per heavy atom. The van der Waals surface area contributed by atoms with Crippen molar-refractivity contribution in [3.63, 3.8) is 0 Å². The van der Waals surface area contributed by atoms with E-state index < -0.39 is 0 Å². The number of nitrogens with one attached hydrogen (secondary N) is 1. The third-order valence-electron chi connectivity index (χ3n) is 4.34. The van der Waals surface area contributed by atoms with Crippen LogP contribution in [0.1, 0.15) is 12.8 Å². The summed E-state index contributed by atoms with van der Waals surface area (Å²) in [7, 11) is 0. The van der Waals surface area contributed by atoms with E-state index in [0.717, 1.165) is 25.2 Å². The second-order valence-corrected chi connectivity index (χ2v) is 6.11. The van der Waals surface area contributed by atoms with Gasteiger partial charge in [-0.3, -0.25) is 9.78 Å². The van der Waals surface area contributed by atoms with E-state index in [-0.39, 0.29) is 11.8 Å². The Morgan fingerprint density at radius 2 is 2.04 bits per heavy atom. The molecule has 3 aromatic rings. The monoisotopic (exact) mass is 350 g/mol. The van der Waals surface area contributed by atoms with Crippen LogP contribution in [-0.4, -0.2) is 48.9 Å². The van der Waals surface area contributed by atoms with Crippen molar-refractivity contribution < 1.29 is 4.79 Å². The highest BCUT2D eigenvalue weighted by molar-refractivity contribution is 5.92. The van der Waals surface area contributed by atoms with Crippen molar-refractivity contribution in [3.05, 3.63) is 49.3 Å². The SMILES string of the molecule is O=C(Nc1cccnc1)C1CCCN(c2ccc(-n3cncn3)nn2)C1. The van der Waals surface area contributed by atoms with Crippen molar-refractivity contribution in [1.29, 1.82) is 0 Å². The zero-order valence-electron chi connectivity index (χ0n) is 14.1. The number of piperidine rings is 1. The first-order valence-electron chi connectivity index (χ1n) is 8.44. The highest BCUT2D eigenvalue weighted by Gasteiger charge is 2.26. The lowest BCUT2D eigenvalue weighted by molar-refractivity contribution is -0.120. The Hall–Kier alpha value is -3.36. The smallest absolute Gasteiger partial charge is 0.229 e. The molecule has 1 unspecified atom stereocenters. The predicted molar refractivity (Wildman–Crippen MR) is 94.8 cm³/mol. The lowest BCUT2D eigenvalue weighted by Gasteiger charge is -2.32. The zero-order valence-corrected chi connectivity index (χ0v) is 14.1. The topological polar surface area (TPSA) is 102 Å². The molecule has 0 saturated carbocycles. The number of carbonyl (C=O) groups excluding carboxylic acids is 1. The normalized spacial score (nSPS) is 17.1. The van der Waals surface area contributed by atoms with Crippen LogP contribution in [0.25, 0.3) is 5.82 Å². The van der Waals surface area contributed by atoms with E-state index in [1.165, 1.54) is 6.33 Å². The Bertz CT molecular complexity index is 850. The van der Waals surface area contributed by atoms with Gasteiger partial charge in [0.25, 0.3) is 0 Å². The van der Waals surface area contributed by atoms with Gasteiger partial charge in [-0.15, -0.1) is 10.2 Å². The van der Waals surface area contributed by atoms with Crippen molar-refractivity contribution in [2.75, 3.05) is 23.3 Å². The summed E-state index contributed by atoms with van der Waals surface area (Å²) in [5, 5.41) is 15.4. The second kappa shape index (κ2) is 7.26. The van der Waals surface area contributed by atoms with Crippen LogP contribution in [0.2, 0.25) is 0 Å².